The van der Waals surface area contributed by atoms with Gasteiger partial charge in [-0.15, -0.1) is 0 Å². The van der Waals surface area contributed by atoms with Crippen LogP contribution in [0.3, 0.4) is 0 Å². The molecule has 0 radical (unpaired) electrons. The molecule has 0 fully saturated rings. The number of methoxy groups -OCH3 is 1. The average Bonchev–Trinajstić information content (AvgIpc) is 2.56. The fourth-order valence-electron chi connectivity index (χ4n) is 2.28. The molecule has 2 aromatic carbocycles. The number of hydrogen-bond acceptors (Lipinski definition) is 5. The van der Waals surface area contributed by atoms with Crippen LogP contribution >= 0.6 is 0 Å². The third-order valence-electron chi connectivity index (χ3n) is 3.45. The maximum atomic E-state index is 12.3. The predicted molar refractivity (Wildman–Crippen MR) is 93.9 cm³/mol. The molecule has 0 saturated carbocycles. The number of nitrogens with one attached hydrogen (secondary N) is 1. The van der Waals surface area contributed by atoms with Crippen molar-refractivity contribution < 1.29 is 17.9 Å². The molecule has 0 bridgehead atoms. The van der Waals surface area contributed by atoms with Crippen LogP contribution in [0.1, 0.15) is 12.5 Å². The number of ether oxygens (including phenoxy) is 2. The zero-order chi connectivity index (χ0) is 17.6. The van der Waals surface area contributed by atoms with Crippen LogP contribution in [0, 0.1) is 0 Å². The third-order valence-corrected chi connectivity index (χ3v) is 4.92. The van der Waals surface area contributed by atoms with E-state index in [1.165, 1.54) is 12.1 Å². The average molecular weight is 350 g/mol. The molecule has 130 valence electrons. The molecule has 24 heavy (non-hydrogen) atoms. The van der Waals surface area contributed by atoms with Crippen molar-refractivity contribution in [2.45, 2.75) is 18.2 Å². The van der Waals surface area contributed by atoms with E-state index in [9.17, 15) is 8.42 Å². The summed E-state index contributed by atoms with van der Waals surface area (Å²) in [5.74, 6) is 1.28. The Kier molecular flexibility index (Phi) is 6.05. The maximum absolute atomic E-state index is 12.3. The summed E-state index contributed by atoms with van der Waals surface area (Å²) in [7, 11) is -1.99. The molecule has 0 aliphatic heterocycles. The molecule has 0 unspecified atom stereocenters. The normalized spacial score (nSPS) is 11.2. The molecule has 0 spiro atoms. The van der Waals surface area contributed by atoms with Gasteiger partial charge in [-0.05, 0) is 49.2 Å². The van der Waals surface area contributed by atoms with Crippen molar-refractivity contribution in [2.75, 3.05) is 26.0 Å². The highest BCUT2D eigenvalue weighted by molar-refractivity contribution is 7.89. The van der Waals surface area contributed by atoms with E-state index in [0.717, 1.165) is 5.56 Å². The predicted octanol–water partition coefficient (Wildman–Crippen LogP) is 2.20. The number of rotatable bonds is 8. The quantitative estimate of drug-likeness (QED) is 0.712. The smallest absolute Gasteiger partial charge is 0.240 e. The standard InChI is InChI=1S/C17H22N2O4S/c1-3-23-17-13(5-4-6-16(17)22-2)11-12-19-24(20,21)15-9-7-14(18)8-10-15/h4-10,19H,3,11-12,18H2,1-2H3. The third kappa shape index (κ3) is 4.39. The van der Waals surface area contributed by atoms with Crippen LogP contribution in [0.25, 0.3) is 0 Å². The molecule has 3 N–H and O–H groups in total. The van der Waals surface area contributed by atoms with Crippen LogP contribution in [-0.2, 0) is 16.4 Å². The first-order chi connectivity index (χ1) is 11.5. The summed E-state index contributed by atoms with van der Waals surface area (Å²) in [6.45, 7) is 2.64. The first kappa shape index (κ1) is 18.1. The van der Waals surface area contributed by atoms with Crippen LogP contribution in [0.5, 0.6) is 11.5 Å². The van der Waals surface area contributed by atoms with Gasteiger partial charge in [-0.3, -0.25) is 0 Å². The minimum atomic E-state index is -3.57. The summed E-state index contributed by atoms with van der Waals surface area (Å²) in [5, 5.41) is 0. The molecular formula is C17H22N2O4S. The number of para-hydroxylation sites is 1. The molecule has 0 atom stereocenters. The Morgan fingerprint density at radius 1 is 1.12 bits per heavy atom. The molecule has 0 aromatic heterocycles. The van der Waals surface area contributed by atoms with Crippen molar-refractivity contribution in [1.82, 2.24) is 4.72 Å². The maximum Gasteiger partial charge on any atom is 0.240 e. The van der Waals surface area contributed by atoms with Gasteiger partial charge in [-0.25, -0.2) is 13.1 Å². The first-order valence-corrected chi connectivity index (χ1v) is 9.10. The lowest BCUT2D eigenvalue weighted by Gasteiger charge is -2.14. The minimum absolute atomic E-state index is 0.187. The molecule has 7 heteroatoms. The second kappa shape index (κ2) is 8.03. The van der Waals surface area contributed by atoms with Gasteiger partial charge in [-0.2, -0.15) is 0 Å². The second-order valence-corrected chi connectivity index (χ2v) is 6.87. The van der Waals surface area contributed by atoms with Gasteiger partial charge in [0.15, 0.2) is 11.5 Å². The van der Waals surface area contributed by atoms with E-state index in [4.69, 9.17) is 15.2 Å². The van der Waals surface area contributed by atoms with Gasteiger partial charge in [0.2, 0.25) is 10.0 Å². The van der Waals surface area contributed by atoms with E-state index in [-0.39, 0.29) is 11.4 Å². The topological polar surface area (TPSA) is 90.7 Å². The fraction of sp³-hybridized carbons (Fsp3) is 0.294. The Morgan fingerprint density at radius 2 is 1.83 bits per heavy atom. The molecule has 0 saturated heterocycles. The van der Waals surface area contributed by atoms with Gasteiger partial charge < -0.3 is 15.2 Å². The first-order valence-electron chi connectivity index (χ1n) is 7.62. The monoisotopic (exact) mass is 350 g/mol. The lowest BCUT2D eigenvalue weighted by Crippen LogP contribution is -2.26. The Bertz CT molecular complexity index is 774. The summed E-state index contributed by atoms with van der Waals surface area (Å²) in [5.41, 5.74) is 6.98. The second-order valence-electron chi connectivity index (χ2n) is 5.10. The number of hydrogen-bond donors (Lipinski definition) is 2. The number of anilines is 1. The summed E-state index contributed by atoms with van der Waals surface area (Å²) < 4.78 is 38.0. The van der Waals surface area contributed by atoms with Crippen molar-refractivity contribution in [3.05, 3.63) is 48.0 Å². The van der Waals surface area contributed by atoms with E-state index in [0.29, 0.717) is 30.2 Å². The lowest BCUT2D eigenvalue weighted by atomic mass is 10.1. The van der Waals surface area contributed by atoms with Crippen molar-refractivity contribution in [1.29, 1.82) is 0 Å². The van der Waals surface area contributed by atoms with Gasteiger partial charge in [0, 0.05) is 12.2 Å². The molecule has 0 aliphatic rings. The minimum Gasteiger partial charge on any atom is -0.493 e. The van der Waals surface area contributed by atoms with E-state index in [2.05, 4.69) is 4.72 Å². The fourth-order valence-corrected chi connectivity index (χ4v) is 3.31. The largest absolute Gasteiger partial charge is 0.493 e. The van der Waals surface area contributed by atoms with Crippen molar-refractivity contribution in [3.8, 4) is 11.5 Å². The Labute approximate surface area is 142 Å². The molecule has 0 aliphatic carbocycles. The number of nitrogen functional groups attached to an aromatic ring is 1. The summed E-state index contributed by atoms with van der Waals surface area (Å²) in [4.78, 5) is 0.187. The number of nitrogens with two attached hydrogens (primary N) is 1. The number of benzene rings is 2. The van der Waals surface area contributed by atoms with Gasteiger partial charge in [0.25, 0.3) is 0 Å². The SMILES string of the molecule is CCOc1c(CCNS(=O)(=O)c2ccc(N)cc2)cccc1OC. The molecular weight excluding hydrogens is 328 g/mol. The van der Waals surface area contributed by atoms with E-state index in [1.807, 2.05) is 25.1 Å². The van der Waals surface area contributed by atoms with Crippen molar-refractivity contribution >= 4 is 15.7 Å². The zero-order valence-electron chi connectivity index (χ0n) is 13.8. The van der Waals surface area contributed by atoms with Gasteiger partial charge in [-0.1, -0.05) is 12.1 Å². The molecule has 2 rings (SSSR count). The van der Waals surface area contributed by atoms with Crippen LogP contribution < -0.4 is 19.9 Å². The Hall–Kier alpha value is -2.25. The van der Waals surface area contributed by atoms with Crippen LogP contribution in [0.4, 0.5) is 5.69 Å². The highest BCUT2D eigenvalue weighted by Gasteiger charge is 2.15. The summed E-state index contributed by atoms with van der Waals surface area (Å²) in [6, 6.07) is 11.6. The molecule has 0 heterocycles. The van der Waals surface area contributed by atoms with Crippen LogP contribution in [-0.4, -0.2) is 28.7 Å². The Balaban J connectivity index is 2.07. The lowest BCUT2D eigenvalue weighted by molar-refractivity contribution is 0.307. The van der Waals surface area contributed by atoms with E-state index >= 15 is 0 Å². The summed E-state index contributed by atoms with van der Waals surface area (Å²) >= 11 is 0. The van der Waals surface area contributed by atoms with Crippen LogP contribution in [0.2, 0.25) is 0 Å². The zero-order valence-corrected chi connectivity index (χ0v) is 14.6. The highest BCUT2D eigenvalue weighted by atomic mass is 32.2. The van der Waals surface area contributed by atoms with Crippen LogP contribution in [0.15, 0.2) is 47.4 Å². The number of sulfonamides is 1. The van der Waals surface area contributed by atoms with Gasteiger partial charge >= 0.3 is 0 Å². The van der Waals surface area contributed by atoms with E-state index in [1.54, 1.807) is 19.2 Å². The molecule has 6 nitrogen and oxygen atoms in total. The summed E-state index contributed by atoms with van der Waals surface area (Å²) in [6.07, 6.45) is 0.487. The molecule has 0 amide bonds. The van der Waals surface area contributed by atoms with E-state index < -0.39 is 10.0 Å². The highest BCUT2D eigenvalue weighted by Crippen LogP contribution is 2.31. The molecule has 2 aromatic rings. The van der Waals surface area contributed by atoms with Crippen molar-refractivity contribution in [2.24, 2.45) is 0 Å². The van der Waals surface area contributed by atoms with Crippen molar-refractivity contribution in [3.63, 3.8) is 0 Å². The van der Waals surface area contributed by atoms with Gasteiger partial charge in [0.05, 0.1) is 18.6 Å². The van der Waals surface area contributed by atoms with Gasteiger partial charge in [0.1, 0.15) is 0 Å². The Morgan fingerprint density at radius 3 is 2.46 bits per heavy atom.